The number of primary amides is 1. The summed E-state index contributed by atoms with van der Waals surface area (Å²) in [5.41, 5.74) is 5.95. The van der Waals surface area contributed by atoms with Crippen molar-refractivity contribution in [3.8, 4) is 0 Å². The lowest BCUT2D eigenvalue weighted by atomic mass is 10.1. The third-order valence-electron chi connectivity index (χ3n) is 6.44. The zero-order valence-electron chi connectivity index (χ0n) is 25.7. The van der Waals surface area contributed by atoms with Gasteiger partial charge in [0.25, 0.3) is 5.91 Å². The van der Waals surface area contributed by atoms with Crippen LogP contribution in [0.5, 0.6) is 0 Å². The average Bonchev–Trinajstić information content (AvgIpc) is 3.37. The topological polar surface area (TPSA) is 187 Å². The van der Waals surface area contributed by atoms with Gasteiger partial charge >= 0.3 is 5.97 Å². The number of benzene rings is 1. The molecule has 0 atom stereocenters. The molecule has 2 rings (SSSR count). The highest BCUT2D eigenvalue weighted by Crippen LogP contribution is 2.10. The second kappa shape index (κ2) is 20.6. The first-order valence-corrected chi connectivity index (χ1v) is 14.5. The van der Waals surface area contributed by atoms with Gasteiger partial charge in [-0.15, -0.1) is 0 Å². The van der Waals surface area contributed by atoms with E-state index in [0.717, 1.165) is 19.6 Å². The van der Waals surface area contributed by atoms with Crippen LogP contribution in [0, 0.1) is 11.7 Å². The van der Waals surface area contributed by atoms with E-state index >= 15 is 0 Å². The van der Waals surface area contributed by atoms with Gasteiger partial charge in [-0.2, -0.15) is 0 Å². The molecule has 1 aliphatic rings. The maximum atomic E-state index is 13.8. The van der Waals surface area contributed by atoms with E-state index in [9.17, 15) is 38.3 Å². The fourth-order valence-corrected chi connectivity index (χ4v) is 4.35. The normalized spacial score (nSPS) is 12.6. The number of esters is 1. The number of nitrogens with two attached hydrogens (primary N) is 2. The number of aliphatic carboxylic acids is 1. The number of nitrogens with zero attached hydrogens (tertiary/aromatic N) is 3. The molecule has 13 nitrogen and oxygen atoms in total. The summed E-state index contributed by atoms with van der Waals surface area (Å²) in [6.45, 7) is 6.14. The Kier molecular flexibility index (Phi) is 17.6. The van der Waals surface area contributed by atoms with Crippen molar-refractivity contribution in [2.45, 2.75) is 39.5 Å². The van der Waals surface area contributed by atoms with Crippen molar-refractivity contribution >= 4 is 35.6 Å². The zero-order chi connectivity index (χ0) is 33.1. The fraction of sp³-hybridized carbons (Fsp3) is 0.533. The van der Waals surface area contributed by atoms with Crippen molar-refractivity contribution in [2.24, 2.45) is 11.7 Å². The fourth-order valence-electron chi connectivity index (χ4n) is 4.35. The summed E-state index contributed by atoms with van der Waals surface area (Å²) in [4.78, 5) is 73.6. The molecular formula is C30H44FN5O8. The van der Waals surface area contributed by atoms with Gasteiger partial charge in [-0.3, -0.25) is 19.2 Å². The van der Waals surface area contributed by atoms with Crippen LogP contribution in [0.1, 0.15) is 38.7 Å². The second-order valence-corrected chi connectivity index (χ2v) is 10.6. The predicted molar refractivity (Wildman–Crippen MR) is 156 cm³/mol. The summed E-state index contributed by atoms with van der Waals surface area (Å²) in [7, 11) is 1.15. The Morgan fingerprint density at radius 1 is 1.11 bits per heavy atom. The molecule has 1 aromatic rings. The number of methoxy groups -OCH3 is 1. The lowest BCUT2D eigenvalue weighted by Crippen LogP contribution is -2.87. The van der Waals surface area contributed by atoms with Crippen LogP contribution in [0.4, 0.5) is 4.39 Å². The number of rotatable bonds is 17. The van der Waals surface area contributed by atoms with Crippen molar-refractivity contribution in [3.63, 3.8) is 0 Å². The monoisotopic (exact) mass is 621 g/mol. The molecule has 0 saturated carbocycles. The van der Waals surface area contributed by atoms with E-state index in [4.69, 9.17) is 5.73 Å². The molecule has 0 spiro atoms. The van der Waals surface area contributed by atoms with Crippen LogP contribution in [0.2, 0.25) is 0 Å². The Bertz CT molecular complexity index is 1160. The van der Waals surface area contributed by atoms with Gasteiger partial charge in [-0.25, -0.2) is 9.18 Å². The summed E-state index contributed by atoms with van der Waals surface area (Å²) < 4.78 is 17.9. The molecule has 1 fully saturated rings. The number of halogens is 1. The van der Waals surface area contributed by atoms with Gasteiger partial charge in [0.05, 0.1) is 32.7 Å². The number of carbonyl (C=O) groups excluding carboxylic acids is 6. The first-order valence-electron chi connectivity index (χ1n) is 14.5. The molecule has 0 aliphatic carbocycles. The van der Waals surface area contributed by atoms with Crippen LogP contribution >= 0.6 is 0 Å². The number of likely N-dealkylation sites (tertiary alicyclic amines) is 1. The molecule has 14 heteroatoms. The van der Waals surface area contributed by atoms with E-state index in [2.05, 4.69) is 4.74 Å². The van der Waals surface area contributed by atoms with E-state index < -0.39 is 17.8 Å². The van der Waals surface area contributed by atoms with Gasteiger partial charge in [0.15, 0.2) is 6.54 Å². The van der Waals surface area contributed by atoms with Gasteiger partial charge in [0.2, 0.25) is 17.7 Å². The second-order valence-electron chi connectivity index (χ2n) is 10.6. The number of quaternary nitrogens is 1. The molecule has 1 aliphatic heterocycles. The molecule has 1 aromatic carbocycles. The van der Waals surface area contributed by atoms with E-state index in [1.54, 1.807) is 28.4 Å². The first kappa shape index (κ1) is 37.7. The molecule has 0 bridgehead atoms. The van der Waals surface area contributed by atoms with Gasteiger partial charge in [-0.1, -0.05) is 32.0 Å². The van der Waals surface area contributed by atoms with Crippen LogP contribution in [-0.2, 0) is 39.9 Å². The average molecular weight is 622 g/mol. The molecular weight excluding hydrogens is 577 g/mol. The SMILES string of the molecule is CC(C)CN(CC(=O)N(CCCN1CCCC1=O)CC(N)=O)C(=O)C[NH2+]CCc1ccccc1F.COC(=O)/C=C/C(=O)[O-]. The van der Waals surface area contributed by atoms with Crippen molar-refractivity contribution in [1.29, 1.82) is 0 Å². The Morgan fingerprint density at radius 3 is 2.39 bits per heavy atom. The number of carboxylic acids is 1. The predicted octanol–water partition coefficient (Wildman–Crippen LogP) is -1.79. The van der Waals surface area contributed by atoms with Crippen molar-refractivity contribution in [1.82, 2.24) is 14.7 Å². The summed E-state index contributed by atoms with van der Waals surface area (Å²) in [5, 5.41) is 11.4. The van der Waals surface area contributed by atoms with Crippen molar-refractivity contribution in [2.75, 3.05) is 59.5 Å². The maximum Gasteiger partial charge on any atom is 0.330 e. The number of carboxylic acid groups (broad SMARTS) is 1. The van der Waals surface area contributed by atoms with Crippen LogP contribution in [0.25, 0.3) is 0 Å². The molecule has 4 N–H and O–H groups in total. The Labute approximate surface area is 257 Å². The molecule has 1 heterocycles. The summed E-state index contributed by atoms with van der Waals surface area (Å²) in [6, 6.07) is 6.56. The lowest BCUT2D eigenvalue weighted by Gasteiger charge is -2.28. The molecule has 0 radical (unpaired) electrons. The molecule has 0 aromatic heterocycles. The van der Waals surface area contributed by atoms with Gasteiger partial charge in [0, 0.05) is 45.1 Å². The van der Waals surface area contributed by atoms with Gasteiger partial charge < -0.3 is 40.4 Å². The largest absolute Gasteiger partial charge is 0.545 e. The van der Waals surface area contributed by atoms with Gasteiger partial charge in [-0.05, 0) is 36.5 Å². The molecule has 244 valence electrons. The first-order chi connectivity index (χ1) is 20.8. The summed E-state index contributed by atoms with van der Waals surface area (Å²) >= 11 is 0. The smallest absolute Gasteiger partial charge is 0.330 e. The minimum atomic E-state index is -1.42. The third-order valence-corrected chi connectivity index (χ3v) is 6.44. The molecule has 44 heavy (non-hydrogen) atoms. The van der Waals surface area contributed by atoms with Crippen LogP contribution in [0.15, 0.2) is 36.4 Å². The Balaban J connectivity index is 0.000000930. The lowest BCUT2D eigenvalue weighted by molar-refractivity contribution is -0.644. The molecule has 0 unspecified atom stereocenters. The van der Waals surface area contributed by atoms with E-state index in [1.807, 2.05) is 13.8 Å². The van der Waals surface area contributed by atoms with Crippen LogP contribution < -0.4 is 16.2 Å². The maximum absolute atomic E-state index is 13.8. The van der Waals surface area contributed by atoms with Crippen molar-refractivity contribution in [3.05, 3.63) is 47.8 Å². The minimum absolute atomic E-state index is 0.109. The standard InChI is InChI=1S/C25H38FN5O4.C5H6O4/c1-19(2)16-31(24(34)15-28-11-10-20-7-3-4-8-21(20)26)18-25(35)30(17-22(27)32)14-6-13-29-12-5-9-23(29)33;1-9-5(8)3-2-4(6)7/h3-4,7-8,19,28H,5-6,9-18H2,1-2H3,(H2,27,32);2-3H,1H3,(H,6,7)/b;3-2+. The highest BCUT2D eigenvalue weighted by atomic mass is 19.1. The zero-order valence-corrected chi connectivity index (χ0v) is 25.7. The van der Waals surface area contributed by atoms with E-state index in [-0.39, 0.29) is 55.6 Å². The third kappa shape index (κ3) is 15.8. The number of ether oxygens (including phenoxy) is 1. The highest BCUT2D eigenvalue weighted by molar-refractivity contribution is 5.90. The number of carbonyl (C=O) groups is 6. The quantitative estimate of drug-likeness (QED) is 0.116. The highest BCUT2D eigenvalue weighted by Gasteiger charge is 2.25. The van der Waals surface area contributed by atoms with Gasteiger partial charge in [0.1, 0.15) is 5.82 Å². The Morgan fingerprint density at radius 2 is 1.82 bits per heavy atom. The number of hydrogen-bond acceptors (Lipinski definition) is 8. The van der Waals surface area contributed by atoms with Crippen LogP contribution in [-0.4, -0.2) is 110 Å². The summed E-state index contributed by atoms with van der Waals surface area (Å²) in [5.74, 6) is -3.30. The van der Waals surface area contributed by atoms with Crippen LogP contribution in [0.3, 0.4) is 0 Å². The van der Waals surface area contributed by atoms with E-state index in [0.29, 0.717) is 57.1 Å². The number of hydrogen-bond donors (Lipinski definition) is 2. The summed E-state index contributed by atoms with van der Waals surface area (Å²) in [6.07, 6.45) is 3.79. The molecule has 4 amide bonds. The van der Waals surface area contributed by atoms with Crippen molar-refractivity contribution < 1.29 is 48.3 Å². The molecule has 1 saturated heterocycles. The number of amides is 4. The minimum Gasteiger partial charge on any atom is -0.545 e. The Hall–Kier alpha value is -4.33. The van der Waals surface area contributed by atoms with E-state index in [1.165, 1.54) is 15.9 Å².